The van der Waals surface area contributed by atoms with Crippen LogP contribution in [-0.4, -0.2) is 22.2 Å². The van der Waals surface area contributed by atoms with Crippen molar-refractivity contribution in [2.24, 2.45) is 0 Å². The Hall–Kier alpha value is -3.73. The molecule has 0 aliphatic rings. The topological polar surface area (TPSA) is 92.1 Å². The van der Waals surface area contributed by atoms with Gasteiger partial charge in [-0.2, -0.15) is 9.94 Å². The third-order valence-corrected chi connectivity index (χ3v) is 4.53. The van der Waals surface area contributed by atoms with Crippen molar-refractivity contribution in [1.29, 1.82) is 5.26 Å². The zero-order valence-corrected chi connectivity index (χ0v) is 16.1. The number of nitriles is 1. The molecule has 3 rings (SSSR count). The summed E-state index contributed by atoms with van der Waals surface area (Å²) >= 11 is 0. The fourth-order valence-corrected chi connectivity index (χ4v) is 2.78. The quantitative estimate of drug-likeness (QED) is 0.640. The summed E-state index contributed by atoms with van der Waals surface area (Å²) in [5.74, 6) is -1.62. The zero-order chi connectivity index (χ0) is 21.0. The molecule has 1 amide bonds. The van der Waals surface area contributed by atoms with Gasteiger partial charge in [-0.15, -0.1) is 5.10 Å². The summed E-state index contributed by atoms with van der Waals surface area (Å²) in [6, 6.07) is 12.9. The highest BCUT2D eigenvalue weighted by Crippen LogP contribution is 2.20. The Morgan fingerprint density at radius 3 is 2.59 bits per heavy atom. The van der Waals surface area contributed by atoms with E-state index < -0.39 is 17.5 Å². The molecule has 3 aromatic rings. The van der Waals surface area contributed by atoms with Crippen LogP contribution in [0.3, 0.4) is 0 Å². The third-order valence-electron chi connectivity index (χ3n) is 4.53. The van der Waals surface area contributed by atoms with Gasteiger partial charge in [-0.05, 0) is 61.4 Å². The van der Waals surface area contributed by atoms with Crippen LogP contribution in [0.4, 0.5) is 10.1 Å². The van der Waals surface area contributed by atoms with Crippen LogP contribution >= 0.6 is 0 Å². The van der Waals surface area contributed by atoms with E-state index in [1.807, 2.05) is 32.0 Å². The van der Waals surface area contributed by atoms with Crippen LogP contribution in [0.15, 0.2) is 51.7 Å². The first-order chi connectivity index (χ1) is 13.9. The number of amides is 1. The lowest BCUT2D eigenvalue weighted by Gasteiger charge is -2.22. The first-order valence-electron chi connectivity index (χ1n) is 8.97. The molecular formula is C21H19FN4O3. The van der Waals surface area contributed by atoms with Gasteiger partial charge in [0, 0.05) is 17.8 Å². The van der Waals surface area contributed by atoms with Gasteiger partial charge < -0.3 is 9.32 Å². The molecule has 0 spiro atoms. The van der Waals surface area contributed by atoms with Gasteiger partial charge >= 0.3 is 5.76 Å². The van der Waals surface area contributed by atoms with E-state index in [2.05, 4.69) is 5.10 Å². The molecule has 1 heterocycles. The second kappa shape index (κ2) is 8.52. The van der Waals surface area contributed by atoms with Crippen molar-refractivity contribution in [3.05, 3.63) is 70.0 Å². The van der Waals surface area contributed by atoms with Crippen LogP contribution in [0.25, 0.3) is 11.5 Å². The molecule has 0 fully saturated rings. The maximum absolute atomic E-state index is 13.1. The summed E-state index contributed by atoms with van der Waals surface area (Å²) in [4.78, 5) is 26.5. The maximum atomic E-state index is 13.1. The Kier molecular flexibility index (Phi) is 5.88. The Labute approximate surface area is 166 Å². The number of benzene rings is 2. The number of anilines is 1. The Morgan fingerprint density at radius 2 is 1.93 bits per heavy atom. The molecule has 0 atom stereocenters. The van der Waals surface area contributed by atoms with Crippen molar-refractivity contribution in [3.63, 3.8) is 0 Å². The van der Waals surface area contributed by atoms with E-state index in [9.17, 15) is 14.0 Å². The van der Waals surface area contributed by atoms with E-state index in [0.29, 0.717) is 11.3 Å². The molecule has 0 aliphatic heterocycles. The summed E-state index contributed by atoms with van der Waals surface area (Å²) in [6.45, 7) is 3.74. The average Bonchev–Trinajstić information content (AvgIpc) is 3.05. The van der Waals surface area contributed by atoms with Crippen LogP contribution in [0.1, 0.15) is 17.5 Å². The number of carbonyl (C=O) groups is 1. The molecule has 8 heteroatoms. The predicted molar refractivity (Wildman–Crippen MR) is 105 cm³/mol. The molecule has 0 N–H and O–H groups in total. The van der Waals surface area contributed by atoms with Crippen molar-refractivity contribution < 1.29 is 13.6 Å². The molecule has 29 heavy (non-hydrogen) atoms. The van der Waals surface area contributed by atoms with E-state index in [0.717, 1.165) is 15.8 Å². The number of aromatic nitrogens is 2. The predicted octanol–water partition coefficient (Wildman–Crippen LogP) is 3.21. The van der Waals surface area contributed by atoms with Gasteiger partial charge in [-0.25, -0.2) is 9.18 Å². The van der Waals surface area contributed by atoms with Gasteiger partial charge in [0.05, 0.1) is 12.5 Å². The summed E-state index contributed by atoms with van der Waals surface area (Å²) in [6.07, 6.45) is 0.146. The van der Waals surface area contributed by atoms with Gasteiger partial charge in [0.2, 0.25) is 11.8 Å². The second-order valence-electron chi connectivity index (χ2n) is 6.56. The number of hydrogen-bond acceptors (Lipinski definition) is 5. The van der Waals surface area contributed by atoms with Gasteiger partial charge in [0.25, 0.3) is 0 Å². The molecular weight excluding hydrogens is 375 g/mol. The highest BCUT2D eigenvalue weighted by atomic mass is 19.1. The SMILES string of the molecule is Cc1ccc(N(CCC#N)C(=O)Cn2nc(-c3ccc(F)cc3)oc2=O)cc1C. The normalized spacial score (nSPS) is 10.6. The number of aryl methyl sites for hydroxylation is 2. The summed E-state index contributed by atoms with van der Waals surface area (Å²) in [7, 11) is 0. The Bertz CT molecular complexity index is 1130. The molecule has 0 aliphatic carbocycles. The highest BCUT2D eigenvalue weighted by Gasteiger charge is 2.20. The molecule has 148 valence electrons. The lowest BCUT2D eigenvalue weighted by atomic mass is 10.1. The fourth-order valence-electron chi connectivity index (χ4n) is 2.78. The monoisotopic (exact) mass is 394 g/mol. The average molecular weight is 394 g/mol. The minimum absolute atomic E-state index is 0.00226. The molecule has 0 radical (unpaired) electrons. The van der Waals surface area contributed by atoms with E-state index in [4.69, 9.17) is 9.68 Å². The summed E-state index contributed by atoms with van der Waals surface area (Å²) in [5.41, 5.74) is 3.15. The molecule has 0 saturated carbocycles. The van der Waals surface area contributed by atoms with Crippen LogP contribution in [0.5, 0.6) is 0 Å². The zero-order valence-electron chi connectivity index (χ0n) is 16.1. The number of rotatable bonds is 6. The summed E-state index contributed by atoms with van der Waals surface area (Å²) < 4.78 is 19.1. The smallest absolute Gasteiger partial charge is 0.388 e. The first-order valence-corrected chi connectivity index (χ1v) is 8.97. The summed E-state index contributed by atoms with van der Waals surface area (Å²) in [5, 5.41) is 13.0. The third kappa shape index (κ3) is 4.58. The van der Waals surface area contributed by atoms with E-state index in [-0.39, 0.29) is 25.4 Å². The van der Waals surface area contributed by atoms with E-state index >= 15 is 0 Å². The number of hydrogen-bond donors (Lipinski definition) is 0. The van der Waals surface area contributed by atoms with Crippen LogP contribution in [0, 0.1) is 31.0 Å². The van der Waals surface area contributed by atoms with Crippen molar-refractivity contribution in [1.82, 2.24) is 9.78 Å². The largest absolute Gasteiger partial charge is 0.437 e. The van der Waals surface area contributed by atoms with Gasteiger partial charge in [-0.1, -0.05) is 6.07 Å². The van der Waals surface area contributed by atoms with E-state index in [1.54, 1.807) is 6.07 Å². The molecule has 1 aromatic heterocycles. The van der Waals surface area contributed by atoms with Gasteiger partial charge in [0.15, 0.2) is 0 Å². The molecule has 7 nitrogen and oxygen atoms in total. The minimum Gasteiger partial charge on any atom is -0.388 e. The highest BCUT2D eigenvalue weighted by molar-refractivity contribution is 5.93. The molecule has 0 bridgehead atoms. The van der Waals surface area contributed by atoms with Crippen LogP contribution < -0.4 is 10.7 Å². The maximum Gasteiger partial charge on any atom is 0.437 e. The molecule has 2 aromatic carbocycles. The van der Waals surface area contributed by atoms with Crippen molar-refractivity contribution >= 4 is 11.6 Å². The van der Waals surface area contributed by atoms with Crippen molar-refractivity contribution in [3.8, 4) is 17.5 Å². The Balaban J connectivity index is 1.86. The number of carbonyl (C=O) groups excluding carboxylic acids is 1. The van der Waals surface area contributed by atoms with Gasteiger partial charge in [-0.3, -0.25) is 4.79 Å². The van der Waals surface area contributed by atoms with Gasteiger partial charge in [0.1, 0.15) is 12.4 Å². The molecule has 0 saturated heterocycles. The van der Waals surface area contributed by atoms with Crippen molar-refractivity contribution in [2.45, 2.75) is 26.8 Å². The number of nitrogens with zero attached hydrogens (tertiary/aromatic N) is 4. The fraction of sp³-hybridized carbons (Fsp3) is 0.238. The van der Waals surface area contributed by atoms with Crippen LogP contribution in [0.2, 0.25) is 0 Å². The van der Waals surface area contributed by atoms with Crippen LogP contribution in [-0.2, 0) is 11.3 Å². The second-order valence-corrected chi connectivity index (χ2v) is 6.56. The Morgan fingerprint density at radius 1 is 1.21 bits per heavy atom. The lowest BCUT2D eigenvalue weighted by molar-refractivity contribution is -0.119. The minimum atomic E-state index is -0.794. The lowest BCUT2D eigenvalue weighted by Crippen LogP contribution is -2.37. The molecule has 0 unspecified atom stereocenters. The number of halogens is 1. The first kappa shape index (κ1) is 20.0. The van der Waals surface area contributed by atoms with E-state index in [1.165, 1.54) is 29.2 Å². The van der Waals surface area contributed by atoms with Crippen molar-refractivity contribution in [2.75, 3.05) is 11.4 Å². The standard InChI is InChI=1S/C21H19FN4O3/c1-14-4-9-18(12-15(14)2)25(11-3-10-23)19(27)13-26-21(28)29-20(24-26)16-5-7-17(22)8-6-16/h4-9,12H,3,11,13H2,1-2H3.